The largest absolute Gasteiger partial charge is 0.289 e. The summed E-state index contributed by atoms with van der Waals surface area (Å²) < 4.78 is 0. The van der Waals surface area contributed by atoms with Gasteiger partial charge in [-0.2, -0.15) is 10.2 Å². The molecule has 0 amide bonds. The summed E-state index contributed by atoms with van der Waals surface area (Å²) >= 11 is 0. The third kappa shape index (κ3) is 23.4. The number of ketones is 1. The molecule has 0 heterocycles. The molecule has 8 aromatic rings. The minimum absolute atomic E-state index is 0.0475. The van der Waals surface area contributed by atoms with Crippen molar-refractivity contribution in [3.63, 3.8) is 0 Å². The van der Waals surface area contributed by atoms with Crippen molar-refractivity contribution < 1.29 is 4.79 Å². The van der Waals surface area contributed by atoms with Crippen LogP contribution in [-0.2, 0) is 0 Å². The molecule has 2 aliphatic carbocycles. The fourth-order valence-electron chi connectivity index (χ4n) is 11.7. The summed E-state index contributed by atoms with van der Waals surface area (Å²) in [5.74, 6) is 12.5. The molecule has 10 rings (SSSR count). The minimum atomic E-state index is 0.0475. The highest BCUT2D eigenvalue weighted by Crippen LogP contribution is 2.42. The van der Waals surface area contributed by atoms with E-state index in [1.165, 1.54) is 133 Å². The predicted molar refractivity (Wildman–Crippen MR) is 396 cm³/mol. The van der Waals surface area contributed by atoms with Crippen molar-refractivity contribution in [2.45, 2.75) is 183 Å². The molecule has 0 bridgehead atoms. The first-order chi connectivity index (χ1) is 43.2. The van der Waals surface area contributed by atoms with Gasteiger partial charge in [-0.25, -0.2) is 0 Å². The topological polar surface area (TPSA) is 41.8 Å². The number of aryl methyl sites for hydroxylation is 16. The molecule has 0 aliphatic heterocycles. The van der Waals surface area contributed by atoms with E-state index >= 15 is 0 Å². The quantitative estimate of drug-likeness (QED) is 0.0467. The second-order valence-electron chi connectivity index (χ2n) is 27.4. The Labute approximate surface area is 552 Å². The van der Waals surface area contributed by atoms with Gasteiger partial charge in [0, 0.05) is 16.7 Å². The molecule has 3 nitrogen and oxygen atoms in total. The summed E-state index contributed by atoms with van der Waals surface area (Å²) in [4.78, 5) is 12.1. The first-order valence-electron chi connectivity index (χ1n) is 33.6. The van der Waals surface area contributed by atoms with Crippen LogP contribution in [0.4, 0.5) is 11.4 Å². The van der Waals surface area contributed by atoms with Crippen molar-refractivity contribution in [3.8, 4) is 11.8 Å². The fourth-order valence-corrected chi connectivity index (χ4v) is 11.7. The lowest BCUT2D eigenvalue weighted by atomic mass is 9.68. The van der Waals surface area contributed by atoms with E-state index in [1.807, 2.05) is 49.4 Å². The number of carbonyl (C=O) groups is 1. The molecule has 3 heteroatoms. The molecular formula is C88H108N2O. The zero-order valence-electron chi connectivity index (χ0n) is 59.4. The lowest BCUT2D eigenvalue weighted by Gasteiger charge is -2.37. The minimum Gasteiger partial charge on any atom is -0.289 e. The summed E-state index contributed by atoms with van der Waals surface area (Å²) in [7, 11) is 0. The maximum absolute atomic E-state index is 12.1. The van der Waals surface area contributed by atoms with Crippen LogP contribution in [0.2, 0.25) is 0 Å². The highest BCUT2D eigenvalue weighted by Gasteiger charge is 2.30. The van der Waals surface area contributed by atoms with Crippen LogP contribution < -0.4 is 0 Å². The highest BCUT2D eigenvalue weighted by atomic mass is 16.1. The van der Waals surface area contributed by atoms with Gasteiger partial charge >= 0.3 is 0 Å². The molecular weight excluding hydrogens is 1100 g/mol. The van der Waals surface area contributed by atoms with Gasteiger partial charge in [0.15, 0.2) is 5.78 Å². The van der Waals surface area contributed by atoms with E-state index in [2.05, 4.69) is 275 Å². The third-order valence-corrected chi connectivity index (χ3v) is 20.0. The normalized spacial score (nSPS) is 17.7. The average molecular weight is 1210 g/mol. The van der Waals surface area contributed by atoms with Gasteiger partial charge in [0.1, 0.15) is 0 Å². The van der Waals surface area contributed by atoms with E-state index in [9.17, 15) is 4.79 Å². The number of rotatable bonds is 9. The number of azo groups is 1. The molecule has 0 saturated heterocycles. The summed E-state index contributed by atoms with van der Waals surface area (Å²) in [6.07, 6.45) is 18.5. The van der Waals surface area contributed by atoms with Crippen molar-refractivity contribution in [1.82, 2.24) is 0 Å². The Morgan fingerprint density at radius 2 is 0.648 bits per heavy atom. The number of allylic oxidation sites excluding steroid dienone is 1. The zero-order chi connectivity index (χ0) is 66.5. The summed E-state index contributed by atoms with van der Waals surface area (Å²) in [6.45, 7) is 43.5. The van der Waals surface area contributed by atoms with Gasteiger partial charge in [-0.05, 0) is 332 Å². The summed E-state index contributed by atoms with van der Waals surface area (Å²) in [5.41, 5.74) is 28.8. The van der Waals surface area contributed by atoms with E-state index in [0.717, 1.165) is 74.7 Å². The first-order valence-corrected chi connectivity index (χ1v) is 33.6. The average Bonchev–Trinajstić information content (AvgIpc) is 2.79. The lowest BCUT2D eigenvalue weighted by Crippen LogP contribution is -2.26. The molecule has 2 aliphatic rings. The molecule has 91 heavy (non-hydrogen) atoms. The molecule has 0 aromatic heterocycles. The van der Waals surface area contributed by atoms with Crippen molar-refractivity contribution in [2.24, 2.45) is 45.7 Å². The van der Waals surface area contributed by atoms with Crippen LogP contribution in [0, 0.1) is 158 Å². The van der Waals surface area contributed by atoms with E-state index < -0.39 is 0 Å². The SMILES string of the molecule is CC1CCC(CC2CCC(C)C(C)C2)CC1C.Cc1ccc(C#Cc2ccc(C)c(C)c2)cc1C.Cc1ccc(C=CC(=O)c2ccc(C)c(C)c2)cc1C.Cc1ccc(C=Cc2ccc(C)c(C)c2)cc1C.Cc1ccc(N=Nc2ccc(C)c(C)c2)cc1C. The summed E-state index contributed by atoms with van der Waals surface area (Å²) in [6, 6.07) is 50.1. The van der Waals surface area contributed by atoms with Crippen LogP contribution in [0.3, 0.4) is 0 Å². The molecule has 0 N–H and O–H groups in total. The molecule has 476 valence electrons. The predicted octanol–water partition coefficient (Wildman–Crippen LogP) is 25.1. The first kappa shape index (κ1) is 72.1. The molecule has 2 fully saturated rings. The number of benzene rings is 8. The smallest absolute Gasteiger partial charge is 0.185 e. The number of nitrogens with zero attached hydrogens (tertiary/aromatic N) is 2. The molecule has 0 radical (unpaired) electrons. The molecule has 6 atom stereocenters. The molecule has 0 spiro atoms. The standard InChI is InChI=1S/C19H20O.C18H20.C18H18.C17H32.C16H18N2/c1-13-5-7-17(11-15(13)3)8-10-19(20)18-9-6-14(2)16(4)12-18;2*1-13-5-7-17(11-15(13)3)9-10-18-8-6-14(2)16(4)12-18;1-12-5-7-16(9-14(12)3)11-17-8-6-13(2)15(4)10-17;1-11-5-7-15(9-13(11)3)17-18-16-8-6-12(2)14(4)10-16/h5-12H,1-4H3;5-12H,1-4H3;5-8,11-12H,1-4H3;12-17H,5-11H2,1-4H3;5-10H,1-4H3. The second kappa shape index (κ2) is 35.0. The fraction of sp³-hybridized carbons (Fsp3) is 0.375. The van der Waals surface area contributed by atoms with E-state index in [4.69, 9.17) is 0 Å². The Morgan fingerprint density at radius 1 is 0.341 bits per heavy atom. The van der Waals surface area contributed by atoms with Gasteiger partial charge in [-0.3, -0.25) is 4.79 Å². The van der Waals surface area contributed by atoms with Crippen LogP contribution in [-0.4, -0.2) is 5.78 Å². The lowest BCUT2D eigenvalue weighted by molar-refractivity contribution is 0.104. The van der Waals surface area contributed by atoms with Crippen LogP contribution in [0.5, 0.6) is 0 Å². The monoisotopic (exact) mass is 1210 g/mol. The van der Waals surface area contributed by atoms with Crippen LogP contribution in [0.25, 0.3) is 18.2 Å². The van der Waals surface area contributed by atoms with Gasteiger partial charge in [-0.15, -0.1) is 0 Å². The van der Waals surface area contributed by atoms with E-state index in [-0.39, 0.29) is 5.78 Å². The highest BCUT2D eigenvalue weighted by molar-refractivity contribution is 6.07. The Bertz CT molecular complexity index is 3590. The number of hydrogen-bond acceptors (Lipinski definition) is 3. The second-order valence-corrected chi connectivity index (χ2v) is 27.4. The Hall–Kier alpha value is -7.93. The maximum atomic E-state index is 12.1. The van der Waals surface area contributed by atoms with Crippen molar-refractivity contribution >= 4 is 35.4 Å². The molecule has 6 unspecified atom stereocenters. The van der Waals surface area contributed by atoms with Crippen LogP contribution in [0.1, 0.15) is 200 Å². The molecule has 2 saturated carbocycles. The van der Waals surface area contributed by atoms with Crippen LogP contribution >= 0.6 is 0 Å². The van der Waals surface area contributed by atoms with Crippen molar-refractivity contribution in [3.05, 3.63) is 274 Å². The van der Waals surface area contributed by atoms with Crippen molar-refractivity contribution in [2.75, 3.05) is 0 Å². The zero-order valence-corrected chi connectivity index (χ0v) is 59.4. The Balaban J connectivity index is 0.000000181. The van der Waals surface area contributed by atoms with Gasteiger partial charge in [0.05, 0.1) is 11.4 Å². The maximum Gasteiger partial charge on any atom is 0.185 e. The Kier molecular flexibility index (Phi) is 27.8. The van der Waals surface area contributed by atoms with Gasteiger partial charge in [0.25, 0.3) is 0 Å². The number of hydrogen-bond donors (Lipinski definition) is 0. The molecule has 8 aromatic carbocycles. The summed E-state index contributed by atoms with van der Waals surface area (Å²) in [5, 5.41) is 8.55. The van der Waals surface area contributed by atoms with Gasteiger partial charge in [0.2, 0.25) is 0 Å². The van der Waals surface area contributed by atoms with E-state index in [0.29, 0.717) is 0 Å². The van der Waals surface area contributed by atoms with Crippen molar-refractivity contribution in [1.29, 1.82) is 0 Å². The van der Waals surface area contributed by atoms with Gasteiger partial charge < -0.3 is 0 Å². The third-order valence-electron chi connectivity index (χ3n) is 20.0. The number of carbonyl (C=O) groups excluding carboxylic acids is 1. The van der Waals surface area contributed by atoms with Gasteiger partial charge in [-0.1, -0.05) is 174 Å². The van der Waals surface area contributed by atoms with E-state index in [1.54, 1.807) is 12.5 Å². The van der Waals surface area contributed by atoms with Crippen LogP contribution in [0.15, 0.2) is 162 Å². The Morgan fingerprint density at radius 3 is 0.978 bits per heavy atom.